The van der Waals surface area contributed by atoms with Crippen molar-refractivity contribution in [1.82, 2.24) is 19.9 Å². The minimum atomic E-state index is -4.71. The fourth-order valence-corrected chi connectivity index (χ4v) is 1.38. The molecule has 1 aromatic heterocycles. The zero-order valence-corrected chi connectivity index (χ0v) is 10.9. The van der Waals surface area contributed by atoms with Crippen molar-refractivity contribution in [2.75, 3.05) is 27.2 Å². The van der Waals surface area contributed by atoms with Gasteiger partial charge in [0.1, 0.15) is 0 Å². The Kier molecular flexibility index (Phi) is 4.87. The number of nitrogens with zero attached hydrogens (tertiary/aromatic N) is 4. The first-order valence-corrected chi connectivity index (χ1v) is 5.60. The molecule has 0 radical (unpaired) electrons. The number of alkyl halides is 3. The number of esters is 1. The Morgan fingerprint density at radius 3 is 2.53 bits per heavy atom. The van der Waals surface area contributed by atoms with Gasteiger partial charge in [0.05, 0.1) is 13.2 Å². The van der Waals surface area contributed by atoms with Gasteiger partial charge >= 0.3 is 12.1 Å². The molecule has 0 unspecified atom stereocenters. The number of ether oxygens (including phenoxy) is 1. The first-order valence-electron chi connectivity index (χ1n) is 5.60. The van der Waals surface area contributed by atoms with Gasteiger partial charge in [-0.2, -0.15) is 13.2 Å². The quantitative estimate of drug-likeness (QED) is 0.754. The number of hydrogen-bond acceptors (Lipinski definition) is 5. The number of carbonyl (C=O) groups is 1. The number of carbonyl (C=O) groups excluding carboxylic acids is 1. The number of rotatable bonds is 5. The van der Waals surface area contributed by atoms with Gasteiger partial charge < -0.3 is 9.64 Å². The Hall–Kier alpha value is -1.64. The van der Waals surface area contributed by atoms with E-state index >= 15 is 0 Å². The second-order valence-corrected chi connectivity index (χ2v) is 4.03. The topological polar surface area (TPSA) is 60.2 Å². The average molecular weight is 280 g/mol. The van der Waals surface area contributed by atoms with Crippen LogP contribution in [0.1, 0.15) is 23.1 Å². The van der Waals surface area contributed by atoms with Crippen LogP contribution in [0.5, 0.6) is 0 Å². The minimum Gasteiger partial charge on any atom is -0.461 e. The van der Waals surface area contributed by atoms with Gasteiger partial charge in [-0.15, -0.1) is 5.10 Å². The number of likely N-dealkylation sites (N-methyl/N-ethyl adjacent to an activating group) is 1. The smallest absolute Gasteiger partial charge is 0.435 e. The van der Waals surface area contributed by atoms with Crippen molar-refractivity contribution < 1.29 is 22.7 Å². The van der Waals surface area contributed by atoms with Crippen LogP contribution in [0.4, 0.5) is 13.2 Å². The van der Waals surface area contributed by atoms with E-state index in [0.29, 0.717) is 11.2 Å². The second-order valence-electron chi connectivity index (χ2n) is 4.03. The van der Waals surface area contributed by atoms with E-state index < -0.39 is 23.5 Å². The first kappa shape index (κ1) is 15.4. The van der Waals surface area contributed by atoms with Gasteiger partial charge in [0.2, 0.25) is 5.69 Å². The molecular weight excluding hydrogens is 265 g/mol. The summed E-state index contributed by atoms with van der Waals surface area (Å²) in [6, 6.07) is 0. The highest BCUT2D eigenvalue weighted by Gasteiger charge is 2.41. The Bertz CT molecular complexity index is 442. The lowest BCUT2D eigenvalue weighted by Crippen LogP contribution is -2.24. The molecule has 108 valence electrons. The van der Waals surface area contributed by atoms with Crippen molar-refractivity contribution in [3.05, 3.63) is 11.4 Å². The van der Waals surface area contributed by atoms with Crippen LogP contribution in [0.2, 0.25) is 0 Å². The summed E-state index contributed by atoms with van der Waals surface area (Å²) < 4.78 is 44.0. The van der Waals surface area contributed by atoms with Gasteiger partial charge in [-0.25, -0.2) is 9.48 Å². The second kappa shape index (κ2) is 6.00. The maximum absolute atomic E-state index is 12.9. The van der Waals surface area contributed by atoms with Gasteiger partial charge in [0, 0.05) is 6.54 Å². The average Bonchev–Trinajstić information content (AvgIpc) is 2.70. The summed E-state index contributed by atoms with van der Waals surface area (Å²) >= 11 is 0. The van der Waals surface area contributed by atoms with E-state index in [-0.39, 0.29) is 13.2 Å². The maximum Gasteiger partial charge on any atom is 0.435 e. The molecule has 0 N–H and O–H groups in total. The predicted molar refractivity (Wildman–Crippen MR) is 59.5 cm³/mol. The van der Waals surface area contributed by atoms with Crippen molar-refractivity contribution in [3.8, 4) is 0 Å². The van der Waals surface area contributed by atoms with Crippen LogP contribution < -0.4 is 0 Å². The number of aromatic nitrogens is 3. The van der Waals surface area contributed by atoms with E-state index in [1.54, 1.807) is 19.0 Å². The fraction of sp³-hybridized carbons (Fsp3) is 0.700. The lowest BCUT2D eigenvalue weighted by Gasteiger charge is -2.13. The van der Waals surface area contributed by atoms with E-state index in [4.69, 9.17) is 0 Å². The number of hydrogen-bond donors (Lipinski definition) is 0. The van der Waals surface area contributed by atoms with Crippen molar-refractivity contribution in [1.29, 1.82) is 0 Å². The molecule has 1 aromatic rings. The maximum atomic E-state index is 12.9. The molecule has 19 heavy (non-hydrogen) atoms. The molecule has 0 aliphatic heterocycles. The third-order valence-corrected chi connectivity index (χ3v) is 2.23. The third kappa shape index (κ3) is 3.91. The molecule has 1 heterocycles. The molecule has 0 aliphatic carbocycles. The molecule has 0 aromatic carbocycles. The van der Waals surface area contributed by atoms with E-state index in [1.807, 2.05) is 0 Å². The minimum absolute atomic E-state index is 0.0196. The molecule has 6 nitrogen and oxygen atoms in total. The van der Waals surface area contributed by atoms with Crippen LogP contribution in [-0.4, -0.2) is 53.1 Å². The van der Waals surface area contributed by atoms with E-state index in [9.17, 15) is 18.0 Å². The van der Waals surface area contributed by atoms with Gasteiger partial charge in [0.25, 0.3) is 0 Å². The summed E-state index contributed by atoms with van der Waals surface area (Å²) in [5.41, 5.74) is -1.97. The third-order valence-electron chi connectivity index (χ3n) is 2.23. The Labute approximate surface area is 108 Å². The molecule has 0 fully saturated rings. The summed E-state index contributed by atoms with van der Waals surface area (Å²) in [7, 11) is 3.44. The van der Waals surface area contributed by atoms with Crippen LogP contribution in [0, 0.1) is 0 Å². The first-order chi connectivity index (χ1) is 8.77. The molecule has 0 saturated carbocycles. The zero-order chi connectivity index (χ0) is 14.6. The van der Waals surface area contributed by atoms with Gasteiger partial charge in [0.15, 0.2) is 5.69 Å². The summed E-state index contributed by atoms with van der Waals surface area (Å²) in [5.74, 6) is -1.12. The highest BCUT2D eigenvalue weighted by atomic mass is 19.4. The van der Waals surface area contributed by atoms with Gasteiger partial charge in [-0.3, -0.25) is 0 Å². The standard InChI is InChI=1S/C10H15F3N4O2/c1-4-19-9(18)7-8(10(11,12)13)17(15-14-7)6-5-16(2)3/h4-6H2,1-3H3. The number of halogens is 3. The highest BCUT2D eigenvalue weighted by molar-refractivity contribution is 5.88. The summed E-state index contributed by atoms with van der Waals surface area (Å²) in [6.45, 7) is 1.80. The molecule has 0 atom stereocenters. The van der Waals surface area contributed by atoms with E-state index in [2.05, 4.69) is 15.0 Å². The fourth-order valence-electron chi connectivity index (χ4n) is 1.38. The van der Waals surface area contributed by atoms with Crippen molar-refractivity contribution in [3.63, 3.8) is 0 Å². The molecule has 1 rings (SSSR count). The van der Waals surface area contributed by atoms with Crippen LogP contribution in [-0.2, 0) is 17.5 Å². The molecular formula is C10H15F3N4O2. The largest absolute Gasteiger partial charge is 0.461 e. The molecule has 0 aliphatic rings. The summed E-state index contributed by atoms with van der Waals surface area (Å²) in [5, 5.41) is 6.66. The highest BCUT2D eigenvalue weighted by Crippen LogP contribution is 2.31. The molecule has 9 heteroatoms. The lowest BCUT2D eigenvalue weighted by atomic mass is 10.3. The molecule has 0 spiro atoms. The molecule has 0 bridgehead atoms. The molecule has 0 amide bonds. The normalized spacial score (nSPS) is 11.9. The monoisotopic (exact) mass is 280 g/mol. The van der Waals surface area contributed by atoms with Crippen LogP contribution in [0.25, 0.3) is 0 Å². The Morgan fingerprint density at radius 2 is 2.05 bits per heavy atom. The zero-order valence-electron chi connectivity index (χ0n) is 10.9. The van der Waals surface area contributed by atoms with Gasteiger partial charge in [-0.1, -0.05) is 5.21 Å². The van der Waals surface area contributed by atoms with Gasteiger partial charge in [-0.05, 0) is 21.0 Å². The summed E-state index contributed by atoms with van der Waals surface area (Å²) in [6.07, 6.45) is -4.71. The van der Waals surface area contributed by atoms with Crippen LogP contribution in [0.15, 0.2) is 0 Å². The van der Waals surface area contributed by atoms with Crippen LogP contribution in [0.3, 0.4) is 0 Å². The van der Waals surface area contributed by atoms with E-state index in [0.717, 1.165) is 0 Å². The molecule has 0 saturated heterocycles. The Balaban J connectivity index is 3.09. The lowest BCUT2D eigenvalue weighted by molar-refractivity contribution is -0.144. The van der Waals surface area contributed by atoms with Crippen LogP contribution >= 0.6 is 0 Å². The van der Waals surface area contributed by atoms with Crippen molar-refractivity contribution in [2.45, 2.75) is 19.6 Å². The van der Waals surface area contributed by atoms with Crippen molar-refractivity contribution in [2.24, 2.45) is 0 Å². The SMILES string of the molecule is CCOC(=O)c1nnn(CCN(C)C)c1C(F)(F)F. The Morgan fingerprint density at radius 1 is 1.42 bits per heavy atom. The van der Waals surface area contributed by atoms with Crippen molar-refractivity contribution >= 4 is 5.97 Å². The summed E-state index contributed by atoms with van der Waals surface area (Å²) in [4.78, 5) is 13.1. The van der Waals surface area contributed by atoms with E-state index in [1.165, 1.54) is 6.92 Å². The predicted octanol–water partition coefficient (Wildman–Crippen LogP) is 1.04.